The average Bonchev–Trinajstić information content (AvgIpc) is 3.14. The number of phenolic OH excluding ortho intramolecular Hbond substituents is 1. The van der Waals surface area contributed by atoms with E-state index in [1.807, 2.05) is 0 Å². The summed E-state index contributed by atoms with van der Waals surface area (Å²) in [6, 6.07) is 4.58. The van der Waals surface area contributed by atoms with Gasteiger partial charge in [0.1, 0.15) is 18.1 Å². The molecule has 0 spiro atoms. The maximum absolute atomic E-state index is 13.3. The largest absolute Gasteiger partial charge is 0.508 e. The molecule has 0 aliphatic heterocycles. The SMILES string of the molecule is Cn1cnc(NC(=O)NC(Cc2ccc(O)cc2)C(=O)N(CCCBr)CCNS(N)(=O)=O)n1. The monoisotopic (exact) mass is 546 g/mol. The second kappa shape index (κ2) is 12.5. The third-order valence-electron chi connectivity index (χ3n) is 4.36. The summed E-state index contributed by atoms with van der Waals surface area (Å²) < 4.78 is 25.9. The summed E-state index contributed by atoms with van der Waals surface area (Å²) in [4.78, 5) is 31.2. The highest BCUT2D eigenvalue weighted by Crippen LogP contribution is 2.13. The molecule has 0 aliphatic rings. The lowest BCUT2D eigenvalue weighted by atomic mass is 10.0. The minimum absolute atomic E-state index is 0.0550. The Labute approximate surface area is 200 Å². The Kier molecular flexibility index (Phi) is 10.0. The van der Waals surface area contributed by atoms with Crippen LogP contribution >= 0.6 is 15.9 Å². The molecule has 1 aromatic carbocycles. The van der Waals surface area contributed by atoms with E-state index in [1.165, 1.54) is 28.0 Å². The van der Waals surface area contributed by atoms with E-state index in [2.05, 4.69) is 41.4 Å². The van der Waals surface area contributed by atoms with Crippen LogP contribution in [-0.4, -0.2) is 76.1 Å². The molecule has 0 fully saturated rings. The van der Waals surface area contributed by atoms with Crippen molar-refractivity contribution < 1.29 is 23.1 Å². The zero-order valence-corrected chi connectivity index (χ0v) is 20.3. The summed E-state index contributed by atoms with van der Waals surface area (Å²) in [5, 5.41) is 24.2. The number of hydrogen-bond donors (Lipinski definition) is 5. The fourth-order valence-electron chi connectivity index (χ4n) is 2.89. The van der Waals surface area contributed by atoms with Crippen molar-refractivity contribution in [1.29, 1.82) is 0 Å². The van der Waals surface area contributed by atoms with E-state index in [9.17, 15) is 23.1 Å². The van der Waals surface area contributed by atoms with Gasteiger partial charge in [0.25, 0.3) is 10.2 Å². The standard InChI is InChI=1S/C18H27BrN8O5S/c1-26-12-21-17(25-26)24-18(30)23-15(11-13-3-5-14(28)6-4-13)16(29)27(9-2-7-19)10-8-22-33(20,31)32/h3-6,12,15,22,28H,2,7-11H2,1H3,(H2,20,31,32)(H2,23,24,25,30). The highest BCUT2D eigenvalue weighted by molar-refractivity contribution is 9.09. The van der Waals surface area contributed by atoms with Crippen molar-refractivity contribution in [2.24, 2.45) is 12.2 Å². The van der Waals surface area contributed by atoms with Gasteiger partial charge in [0, 0.05) is 38.4 Å². The summed E-state index contributed by atoms with van der Waals surface area (Å²) in [6.45, 7) is 0.301. The average molecular weight is 547 g/mol. The first kappa shape index (κ1) is 26.5. The number of nitrogens with zero attached hydrogens (tertiary/aromatic N) is 4. The number of aromatic nitrogens is 3. The van der Waals surface area contributed by atoms with E-state index in [-0.39, 0.29) is 31.2 Å². The number of halogens is 1. The molecule has 1 heterocycles. The van der Waals surface area contributed by atoms with E-state index in [0.717, 1.165) is 0 Å². The minimum atomic E-state index is -3.91. The third kappa shape index (κ3) is 9.73. The summed E-state index contributed by atoms with van der Waals surface area (Å²) >= 11 is 3.32. The predicted molar refractivity (Wildman–Crippen MR) is 125 cm³/mol. The van der Waals surface area contributed by atoms with Crippen molar-refractivity contribution in [2.45, 2.75) is 18.9 Å². The Morgan fingerprint density at radius 1 is 1.27 bits per heavy atom. The summed E-state index contributed by atoms with van der Waals surface area (Å²) in [7, 11) is -2.26. The molecule has 2 rings (SSSR count). The number of hydrogen-bond acceptors (Lipinski definition) is 7. The number of nitrogens with two attached hydrogens (primary N) is 1. The van der Waals surface area contributed by atoms with Crippen LogP contribution in [0.1, 0.15) is 12.0 Å². The zero-order chi connectivity index (χ0) is 24.4. The molecule has 13 nitrogen and oxygen atoms in total. The number of nitrogens with one attached hydrogen (secondary N) is 3. The van der Waals surface area contributed by atoms with Crippen molar-refractivity contribution in [3.8, 4) is 5.75 Å². The van der Waals surface area contributed by atoms with Crippen LogP contribution in [0.5, 0.6) is 5.75 Å². The minimum Gasteiger partial charge on any atom is -0.508 e. The van der Waals surface area contributed by atoms with E-state index >= 15 is 0 Å². The Morgan fingerprint density at radius 3 is 2.55 bits per heavy atom. The Bertz CT molecular complexity index is 1030. The van der Waals surface area contributed by atoms with Crippen LogP contribution in [0, 0.1) is 0 Å². The van der Waals surface area contributed by atoms with E-state index < -0.39 is 28.2 Å². The molecule has 0 saturated carbocycles. The van der Waals surface area contributed by atoms with Gasteiger partial charge in [-0.2, -0.15) is 8.42 Å². The molecule has 0 saturated heterocycles. The molecular weight excluding hydrogens is 520 g/mol. The number of alkyl halides is 1. The summed E-state index contributed by atoms with van der Waals surface area (Å²) in [5.74, 6) is -0.273. The number of carbonyl (C=O) groups excluding carboxylic acids is 2. The second-order valence-corrected chi connectivity index (χ2v) is 9.24. The predicted octanol–water partition coefficient (Wildman–Crippen LogP) is -0.340. The van der Waals surface area contributed by atoms with Gasteiger partial charge in [0.15, 0.2) is 0 Å². The molecule has 1 aromatic heterocycles. The molecule has 1 atom stereocenters. The second-order valence-electron chi connectivity index (χ2n) is 7.07. The number of rotatable bonds is 12. The third-order valence-corrected chi connectivity index (χ3v) is 5.53. The van der Waals surface area contributed by atoms with Crippen LogP contribution in [0.4, 0.5) is 10.7 Å². The molecule has 33 heavy (non-hydrogen) atoms. The van der Waals surface area contributed by atoms with Crippen molar-refractivity contribution in [1.82, 2.24) is 29.7 Å². The van der Waals surface area contributed by atoms with E-state index in [0.29, 0.717) is 23.9 Å². The van der Waals surface area contributed by atoms with Gasteiger partial charge < -0.3 is 15.3 Å². The Morgan fingerprint density at radius 2 is 1.97 bits per heavy atom. The maximum Gasteiger partial charge on any atom is 0.322 e. The smallest absolute Gasteiger partial charge is 0.322 e. The van der Waals surface area contributed by atoms with Gasteiger partial charge in [0.05, 0.1) is 0 Å². The molecule has 2 aromatic rings. The lowest BCUT2D eigenvalue weighted by Crippen LogP contribution is -2.52. The van der Waals surface area contributed by atoms with Crippen LogP contribution < -0.4 is 20.5 Å². The molecule has 1 unspecified atom stereocenters. The maximum atomic E-state index is 13.3. The van der Waals surface area contributed by atoms with Gasteiger partial charge >= 0.3 is 6.03 Å². The summed E-state index contributed by atoms with van der Waals surface area (Å²) in [6.07, 6.45) is 2.15. The van der Waals surface area contributed by atoms with Crippen LogP contribution in [0.25, 0.3) is 0 Å². The number of amides is 3. The fraction of sp³-hybridized carbons (Fsp3) is 0.444. The van der Waals surface area contributed by atoms with E-state index in [4.69, 9.17) is 5.14 Å². The quantitative estimate of drug-likeness (QED) is 0.225. The van der Waals surface area contributed by atoms with E-state index in [1.54, 1.807) is 19.2 Å². The van der Waals surface area contributed by atoms with Crippen LogP contribution in [0.15, 0.2) is 30.6 Å². The number of anilines is 1. The lowest BCUT2D eigenvalue weighted by Gasteiger charge is -2.28. The normalized spacial score (nSPS) is 12.2. The highest BCUT2D eigenvalue weighted by atomic mass is 79.9. The molecule has 15 heteroatoms. The Balaban J connectivity index is 2.18. The first-order chi connectivity index (χ1) is 15.6. The molecule has 6 N–H and O–H groups in total. The molecule has 182 valence electrons. The van der Waals surface area contributed by atoms with Crippen molar-refractivity contribution in [3.63, 3.8) is 0 Å². The number of phenols is 1. The van der Waals surface area contributed by atoms with Gasteiger partial charge in [-0.15, -0.1) is 5.10 Å². The fourth-order valence-corrected chi connectivity index (χ4v) is 3.51. The van der Waals surface area contributed by atoms with Crippen molar-refractivity contribution in [3.05, 3.63) is 36.2 Å². The van der Waals surface area contributed by atoms with Crippen LogP contribution in [-0.2, 0) is 28.5 Å². The molecule has 0 bridgehead atoms. The van der Waals surface area contributed by atoms with Gasteiger partial charge in [-0.05, 0) is 24.1 Å². The van der Waals surface area contributed by atoms with Gasteiger partial charge in [-0.1, -0.05) is 28.1 Å². The summed E-state index contributed by atoms with van der Waals surface area (Å²) in [5.41, 5.74) is 0.700. The number of aromatic hydroxyl groups is 1. The number of aryl methyl sites for hydroxylation is 1. The first-order valence-corrected chi connectivity index (χ1v) is 12.6. The topological polar surface area (TPSA) is 185 Å². The number of urea groups is 1. The highest BCUT2D eigenvalue weighted by Gasteiger charge is 2.26. The lowest BCUT2D eigenvalue weighted by molar-refractivity contribution is -0.133. The van der Waals surface area contributed by atoms with Gasteiger partial charge in [-0.3, -0.25) is 14.8 Å². The molecule has 0 radical (unpaired) electrons. The molecule has 3 amide bonds. The molecular formula is C18H27BrN8O5S. The first-order valence-electron chi connectivity index (χ1n) is 9.90. The van der Waals surface area contributed by atoms with Gasteiger partial charge in [0.2, 0.25) is 11.9 Å². The van der Waals surface area contributed by atoms with Gasteiger partial charge in [-0.25, -0.2) is 19.6 Å². The Hall–Kier alpha value is -2.75. The van der Waals surface area contributed by atoms with Crippen LogP contribution in [0.2, 0.25) is 0 Å². The number of carbonyl (C=O) groups is 2. The number of benzene rings is 1. The van der Waals surface area contributed by atoms with Crippen molar-refractivity contribution in [2.75, 3.05) is 30.3 Å². The molecule has 0 aliphatic carbocycles. The zero-order valence-electron chi connectivity index (χ0n) is 17.9. The van der Waals surface area contributed by atoms with Crippen molar-refractivity contribution >= 4 is 44.0 Å². The van der Waals surface area contributed by atoms with Crippen LogP contribution in [0.3, 0.4) is 0 Å².